The lowest BCUT2D eigenvalue weighted by Crippen LogP contribution is -2.54. The molecule has 0 unspecified atom stereocenters. The van der Waals surface area contributed by atoms with E-state index >= 15 is 0 Å². The van der Waals surface area contributed by atoms with E-state index in [-0.39, 0.29) is 0 Å². The minimum atomic E-state index is 0.595. The normalized spacial score (nSPS) is 41.1. The van der Waals surface area contributed by atoms with Gasteiger partial charge in [0.1, 0.15) is 0 Å². The second-order valence-electron chi connectivity index (χ2n) is 6.72. The number of fused-ring (bicyclic) bond motifs is 3. The van der Waals surface area contributed by atoms with Crippen LogP contribution in [0.1, 0.15) is 51.4 Å². The highest BCUT2D eigenvalue weighted by Gasteiger charge is 2.46. The van der Waals surface area contributed by atoms with E-state index in [9.17, 15) is 0 Å². The van der Waals surface area contributed by atoms with Crippen molar-refractivity contribution in [3.8, 4) is 12.3 Å². The van der Waals surface area contributed by atoms with E-state index in [2.05, 4.69) is 16.9 Å². The van der Waals surface area contributed by atoms with Crippen LogP contribution in [0.3, 0.4) is 0 Å². The molecule has 0 radical (unpaired) electrons. The Hall–Kier alpha value is -0.940. The van der Waals surface area contributed by atoms with Crippen molar-refractivity contribution in [1.82, 2.24) is 4.90 Å². The number of piperidine rings is 1. The summed E-state index contributed by atoms with van der Waals surface area (Å²) in [5.74, 6) is 4.53. The minimum absolute atomic E-state index is 0.595. The van der Waals surface area contributed by atoms with Crippen LogP contribution in [0.4, 0.5) is 0 Å². The molecule has 2 heteroatoms. The van der Waals surface area contributed by atoms with E-state index in [4.69, 9.17) is 11.2 Å². The molecule has 2 heterocycles. The molecule has 0 bridgehead atoms. The van der Waals surface area contributed by atoms with Crippen LogP contribution in [0.15, 0.2) is 12.3 Å². The Labute approximate surface area is 123 Å². The number of rotatable bonds is 3. The highest BCUT2D eigenvalue weighted by Crippen LogP contribution is 2.46. The molecule has 2 saturated heterocycles. The Bertz CT molecular complexity index is 397. The SMILES string of the molecule is C#CC[C@@H]1CCC[C@@H]2[C@H]1CC[C@H]1CC[C@@H](/C=C/OC)N12. The number of methoxy groups -OCH3 is 1. The first kappa shape index (κ1) is 14.0. The Balaban J connectivity index is 1.77. The van der Waals surface area contributed by atoms with Crippen molar-refractivity contribution in [3.05, 3.63) is 12.3 Å². The molecule has 0 aromatic carbocycles. The van der Waals surface area contributed by atoms with Crippen LogP contribution in [0.25, 0.3) is 0 Å². The average molecular weight is 273 g/mol. The molecular weight excluding hydrogens is 246 g/mol. The van der Waals surface area contributed by atoms with E-state index in [1.807, 2.05) is 6.26 Å². The molecule has 0 amide bonds. The number of ether oxygens (including phenoxy) is 1. The molecule has 1 saturated carbocycles. The lowest BCUT2D eigenvalue weighted by molar-refractivity contribution is -0.00256. The Morgan fingerprint density at radius 3 is 2.85 bits per heavy atom. The minimum Gasteiger partial charge on any atom is -0.505 e. The van der Waals surface area contributed by atoms with Gasteiger partial charge in [-0.2, -0.15) is 0 Å². The van der Waals surface area contributed by atoms with Crippen LogP contribution in [0.5, 0.6) is 0 Å². The van der Waals surface area contributed by atoms with E-state index in [0.29, 0.717) is 6.04 Å². The maximum atomic E-state index is 5.59. The van der Waals surface area contributed by atoms with Gasteiger partial charge in [-0.25, -0.2) is 0 Å². The third kappa shape index (κ3) is 2.49. The molecule has 2 nitrogen and oxygen atoms in total. The lowest BCUT2D eigenvalue weighted by Gasteiger charge is -2.50. The highest BCUT2D eigenvalue weighted by atomic mass is 16.5. The summed E-state index contributed by atoms with van der Waals surface area (Å²) in [6.45, 7) is 0. The van der Waals surface area contributed by atoms with Gasteiger partial charge < -0.3 is 4.74 Å². The zero-order valence-electron chi connectivity index (χ0n) is 12.6. The molecule has 110 valence electrons. The molecule has 3 fully saturated rings. The van der Waals surface area contributed by atoms with Crippen LogP contribution in [0.2, 0.25) is 0 Å². The van der Waals surface area contributed by atoms with Gasteiger partial charge in [0.25, 0.3) is 0 Å². The van der Waals surface area contributed by atoms with Gasteiger partial charge in [0.2, 0.25) is 0 Å². The largest absolute Gasteiger partial charge is 0.505 e. The third-order valence-electron chi connectivity index (χ3n) is 5.81. The predicted octanol–water partition coefficient (Wildman–Crippen LogP) is 3.58. The van der Waals surface area contributed by atoms with Crippen LogP contribution in [-0.2, 0) is 4.74 Å². The van der Waals surface area contributed by atoms with Gasteiger partial charge in [-0.3, -0.25) is 4.90 Å². The fourth-order valence-corrected chi connectivity index (χ4v) is 5.03. The molecule has 5 atom stereocenters. The summed E-state index contributed by atoms with van der Waals surface area (Å²) in [5, 5.41) is 0. The monoisotopic (exact) mass is 273 g/mol. The zero-order chi connectivity index (χ0) is 13.9. The summed E-state index contributed by atoms with van der Waals surface area (Å²) >= 11 is 0. The maximum Gasteiger partial charge on any atom is 0.0800 e. The van der Waals surface area contributed by atoms with Gasteiger partial charge in [-0.05, 0) is 56.4 Å². The van der Waals surface area contributed by atoms with Crippen LogP contribution < -0.4 is 0 Å². The average Bonchev–Trinajstić information content (AvgIpc) is 2.89. The predicted molar refractivity (Wildman–Crippen MR) is 82.1 cm³/mol. The molecule has 0 spiro atoms. The van der Waals surface area contributed by atoms with Gasteiger partial charge in [0.15, 0.2) is 0 Å². The number of terminal acetylenes is 1. The van der Waals surface area contributed by atoms with Gasteiger partial charge in [0.05, 0.1) is 13.4 Å². The molecule has 0 N–H and O–H groups in total. The van der Waals surface area contributed by atoms with Crippen molar-refractivity contribution in [2.24, 2.45) is 11.8 Å². The Kier molecular flexibility index (Phi) is 4.36. The van der Waals surface area contributed by atoms with Gasteiger partial charge in [0, 0.05) is 24.5 Å². The smallest absolute Gasteiger partial charge is 0.0800 e. The number of hydrogen-bond donors (Lipinski definition) is 0. The Morgan fingerprint density at radius 1 is 1.20 bits per heavy atom. The highest BCUT2D eigenvalue weighted by molar-refractivity contribution is 5.07. The van der Waals surface area contributed by atoms with Crippen LogP contribution in [0, 0.1) is 24.2 Å². The van der Waals surface area contributed by atoms with Crippen LogP contribution in [-0.4, -0.2) is 30.1 Å². The first-order chi connectivity index (χ1) is 9.85. The van der Waals surface area contributed by atoms with Crippen molar-refractivity contribution >= 4 is 0 Å². The standard InChI is InChI=1S/C18H27NO/c1-3-5-14-6-4-7-18-17(14)11-10-15-8-9-16(19(15)18)12-13-20-2/h1,12-18H,4-11H2,2H3/b13-12+/t14-,15-,16+,17+,18-/m1/s1. The van der Waals surface area contributed by atoms with Crippen LogP contribution >= 0.6 is 0 Å². The number of hydrogen-bond acceptors (Lipinski definition) is 2. The summed E-state index contributed by atoms with van der Waals surface area (Å²) < 4.78 is 5.15. The van der Waals surface area contributed by atoms with Crippen molar-refractivity contribution in [2.75, 3.05) is 7.11 Å². The van der Waals surface area contributed by atoms with E-state index < -0.39 is 0 Å². The summed E-state index contributed by atoms with van der Waals surface area (Å²) in [7, 11) is 1.74. The van der Waals surface area contributed by atoms with Crippen molar-refractivity contribution < 1.29 is 4.74 Å². The van der Waals surface area contributed by atoms with Gasteiger partial charge >= 0.3 is 0 Å². The Morgan fingerprint density at radius 2 is 2.05 bits per heavy atom. The quantitative estimate of drug-likeness (QED) is 0.575. The van der Waals surface area contributed by atoms with Gasteiger partial charge in [-0.15, -0.1) is 12.3 Å². The summed E-state index contributed by atoms with van der Waals surface area (Å²) in [6.07, 6.45) is 20.2. The first-order valence-corrected chi connectivity index (χ1v) is 8.25. The third-order valence-corrected chi connectivity index (χ3v) is 5.81. The zero-order valence-corrected chi connectivity index (χ0v) is 12.6. The van der Waals surface area contributed by atoms with Crippen molar-refractivity contribution in [3.63, 3.8) is 0 Å². The van der Waals surface area contributed by atoms with E-state index in [1.54, 1.807) is 7.11 Å². The summed E-state index contributed by atoms with van der Waals surface area (Å²) in [6, 6.07) is 2.18. The molecule has 0 aromatic heterocycles. The van der Waals surface area contributed by atoms with E-state index in [0.717, 1.165) is 30.3 Å². The van der Waals surface area contributed by atoms with E-state index in [1.165, 1.54) is 44.9 Å². The lowest BCUT2D eigenvalue weighted by atomic mass is 9.69. The summed E-state index contributed by atoms with van der Waals surface area (Å²) in [4.78, 5) is 2.83. The molecule has 20 heavy (non-hydrogen) atoms. The molecule has 0 aromatic rings. The maximum absolute atomic E-state index is 5.59. The molecule has 2 aliphatic heterocycles. The summed E-state index contributed by atoms with van der Waals surface area (Å²) in [5.41, 5.74) is 0. The van der Waals surface area contributed by atoms with Crippen molar-refractivity contribution in [1.29, 1.82) is 0 Å². The topological polar surface area (TPSA) is 12.5 Å². The second kappa shape index (κ2) is 6.22. The first-order valence-electron chi connectivity index (χ1n) is 8.25. The molecule has 3 rings (SSSR count). The fraction of sp³-hybridized carbons (Fsp3) is 0.778. The number of nitrogens with zero attached hydrogens (tertiary/aromatic N) is 1. The molecule has 1 aliphatic carbocycles. The van der Waals surface area contributed by atoms with Crippen molar-refractivity contribution in [2.45, 2.75) is 69.5 Å². The second-order valence-corrected chi connectivity index (χ2v) is 6.72. The molecule has 3 aliphatic rings. The fourth-order valence-electron chi connectivity index (χ4n) is 5.03. The van der Waals surface area contributed by atoms with Gasteiger partial charge in [-0.1, -0.05) is 6.42 Å². The molecular formula is C18H27NO.